The lowest BCUT2D eigenvalue weighted by atomic mass is 10.4. The van der Waals surface area contributed by atoms with Crippen molar-refractivity contribution in [3.63, 3.8) is 0 Å². The van der Waals surface area contributed by atoms with Gasteiger partial charge in [-0.25, -0.2) is 0 Å². The van der Waals surface area contributed by atoms with Crippen molar-refractivity contribution < 1.29 is 5.11 Å². The van der Waals surface area contributed by atoms with Crippen LogP contribution in [0.25, 0.3) is 0 Å². The van der Waals surface area contributed by atoms with Crippen LogP contribution in [0, 0.1) is 6.92 Å². The molecule has 1 rings (SSSR count). The highest BCUT2D eigenvalue weighted by Crippen LogP contribution is 2.17. The van der Waals surface area contributed by atoms with Crippen LogP contribution >= 0.6 is 11.6 Å². The molecule has 0 amide bonds. The summed E-state index contributed by atoms with van der Waals surface area (Å²) in [5.41, 5.74) is 0.731. The van der Waals surface area contributed by atoms with Gasteiger partial charge in [0, 0.05) is 6.07 Å². The number of pyridine rings is 1. The van der Waals surface area contributed by atoms with Crippen LogP contribution < -0.4 is 0 Å². The van der Waals surface area contributed by atoms with Crippen LogP contribution in [0.5, 0.6) is 5.75 Å². The standard InChI is InChI=1S/C6H6ClNO/c1-4-6(7)2-5(9)3-8-4/h2-3,9H,1H3. The van der Waals surface area contributed by atoms with E-state index in [0.717, 1.165) is 5.69 Å². The highest BCUT2D eigenvalue weighted by Gasteiger charge is 1.94. The third kappa shape index (κ3) is 1.33. The average Bonchev–Trinajstić information content (AvgIpc) is 1.80. The Morgan fingerprint density at radius 1 is 1.67 bits per heavy atom. The molecule has 0 saturated carbocycles. The van der Waals surface area contributed by atoms with E-state index >= 15 is 0 Å². The molecule has 0 aliphatic carbocycles. The van der Waals surface area contributed by atoms with Crippen LogP contribution in [0.3, 0.4) is 0 Å². The van der Waals surface area contributed by atoms with Crippen LogP contribution in [-0.2, 0) is 0 Å². The lowest BCUT2D eigenvalue weighted by Gasteiger charge is -1.94. The number of aromatic nitrogens is 1. The molecule has 0 spiro atoms. The van der Waals surface area contributed by atoms with Gasteiger partial charge in [-0.3, -0.25) is 4.98 Å². The molecule has 9 heavy (non-hydrogen) atoms. The molecule has 0 aliphatic rings. The number of aromatic hydroxyl groups is 1. The first-order valence-corrected chi connectivity index (χ1v) is 2.89. The van der Waals surface area contributed by atoms with E-state index < -0.39 is 0 Å². The summed E-state index contributed by atoms with van der Waals surface area (Å²) in [6.45, 7) is 1.78. The van der Waals surface area contributed by atoms with Gasteiger partial charge in [-0.2, -0.15) is 0 Å². The van der Waals surface area contributed by atoms with E-state index in [-0.39, 0.29) is 5.75 Å². The predicted octanol–water partition coefficient (Wildman–Crippen LogP) is 1.75. The van der Waals surface area contributed by atoms with Crippen molar-refractivity contribution in [2.24, 2.45) is 0 Å². The molecule has 1 aromatic rings. The SMILES string of the molecule is Cc1ncc(O)cc1Cl. The molecule has 0 atom stereocenters. The van der Waals surface area contributed by atoms with Gasteiger partial charge in [0.15, 0.2) is 0 Å². The van der Waals surface area contributed by atoms with Crippen molar-refractivity contribution >= 4 is 11.6 Å². The summed E-state index contributed by atoms with van der Waals surface area (Å²) in [5, 5.41) is 9.29. The predicted molar refractivity (Wildman–Crippen MR) is 35.6 cm³/mol. The molecule has 0 bridgehead atoms. The maximum Gasteiger partial charge on any atom is 0.135 e. The van der Waals surface area contributed by atoms with Gasteiger partial charge in [0.2, 0.25) is 0 Å². The summed E-state index contributed by atoms with van der Waals surface area (Å²) in [5.74, 6) is 0.102. The Bertz CT molecular complexity index is 224. The fraction of sp³-hybridized carbons (Fsp3) is 0.167. The minimum Gasteiger partial charge on any atom is -0.506 e. The van der Waals surface area contributed by atoms with Crippen LogP contribution in [0.15, 0.2) is 12.3 Å². The second-order valence-corrected chi connectivity index (χ2v) is 2.17. The third-order valence-corrected chi connectivity index (χ3v) is 1.39. The molecule has 48 valence electrons. The first-order chi connectivity index (χ1) is 4.20. The lowest BCUT2D eigenvalue weighted by Crippen LogP contribution is -1.79. The zero-order valence-corrected chi connectivity index (χ0v) is 5.68. The number of hydrogen-bond donors (Lipinski definition) is 1. The van der Waals surface area contributed by atoms with E-state index in [9.17, 15) is 0 Å². The fourth-order valence-corrected chi connectivity index (χ4v) is 0.657. The first kappa shape index (κ1) is 6.36. The van der Waals surface area contributed by atoms with Crippen LogP contribution in [0.2, 0.25) is 5.02 Å². The zero-order valence-electron chi connectivity index (χ0n) is 4.93. The average molecular weight is 144 g/mol. The Balaban J connectivity index is 3.17. The second-order valence-electron chi connectivity index (χ2n) is 1.76. The van der Waals surface area contributed by atoms with E-state index in [1.807, 2.05) is 0 Å². The topological polar surface area (TPSA) is 33.1 Å². The van der Waals surface area contributed by atoms with Gasteiger partial charge in [0.05, 0.1) is 16.9 Å². The smallest absolute Gasteiger partial charge is 0.135 e. The Morgan fingerprint density at radius 3 is 2.78 bits per heavy atom. The molecular formula is C6H6ClNO. The molecule has 0 aliphatic heterocycles. The fourth-order valence-electron chi connectivity index (χ4n) is 0.496. The number of hydrogen-bond acceptors (Lipinski definition) is 2. The summed E-state index contributed by atoms with van der Waals surface area (Å²) in [6.07, 6.45) is 1.36. The molecule has 0 saturated heterocycles. The quantitative estimate of drug-likeness (QED) is 0.600. The van der Waals surface area contributed by atoms with Crippen molar-refractivity contribution in [1.82, 2.24) is 4.98 Å². The number of halogens is 1. The van der Waals surface area contributed by atoms with E-state index in [0.29, 0.717) is 5.02 Å². The van der Waals surface area contributed by atoms with Gasteiger partial charge in [-0.1, -0.05) is 11.6 Å². The second kappa shape index (κ2) is 2.23. The minimum atomic E-state index is 0.102. The third-order valence-electron chi connectivity index (χ3n) is 1.01. The van der Waals surface area contributed by atoms with Crippen LogP contribution in [0.1, 0.15) is 5.69 Å². The summed E-state index contributed by atoms with van der Waals surface area (Å²) in [7, 11) is 0. The summed E-state index contributed by atoms with van der Waals surface area (Å²) in [4.78, 5) is 3.80. The van der Waals surface area contributed by atoms with E-state index in [1.54, 1.807) is 6.92 Å². The van der Waals surface area contributed by atoms with Gasteiger partial charge < -0.3 is 5.11 Å². The molecule has 0 aromatic carbocycles. The Kier molecular flexibility index (Phi) is 1.58. The van der Waals surface area contributed by atoms with Gasteiger partial charge in [-0.15, -0.1) is 0 Å². The van der Waals surface area contributed by atoms with E-state index in [1.165, 1.54) is 12.3 Å². The molecule has 0 unspecified atom stereocenters. The molecule has 0 fully saturated rings. The van der Waals surface area contributed by atoms with E-state index in [2.05, 4.69) is 4.98 Å². The van der Waals surface area contributed by atoms with Gasteiger partial charge in [0.25, 0.3) is 0 Å². The number of aryl methyl sites for hydroxylation is 1. The van der Waals surface area contributed by atoms with Crippen LogP contribution in [-0.4, -0.2) is 10.1 Å². The van der Waals surface area contributed by atoms with Crippen molar-refractivity contribution in [2.45, 2.75) is 6.92 Å². The van der Waals surface area contributed by atoms with Crippen LogP contribution in [0.4, 0.5) is 0 Å². The maximum atomic E-state index is 8.79. The molecular weight excluding hydrogens is 138 g/mol. The maximum absolute atomic E-state index is 8.79. The summed E-state index contributed by atoms with van der Waals surface area (Å²) >= 11 is 5.59. The highest BCUT2D eigenvalue weighted by molar-refractivity contribution is 6.31. The summed E-state index contributed by atoms with van der Waals surface area (Å²) in [6, 6.07) is 1.46. The monoisotopic (exact) mass is 143 g/mol. The zero-order chi connectivity index (χ0) is 6.85. The normalized spacial score (nSPS) is 9.56. The molecule has 1 N–H and O–H groups in total. The number of rotatable bonds is 0. The molecule has 0 radical (unpaired) electrons. The van der Waals surface area contributed by atoms with Crippen molar-refractivity contribution in [3.8, 4) is 5.75 Å². The molecule has 1 aromatic heterocycles. The van der Waals surface area contributed by atoms with E-state index in [4.69, 9.17) is 16.7 Å². The largest absolute Gasteiger partial charge is 0.506 e. The molecule has 1 heterocycles. The lowest BCUT2D eigenvalue weighted by molar-refractivity contribution is 0.472. The van der Waals surface area contributed by atoms with Gasteiger partial charge >= 0.3 is 0 Å². The van der Waals surface area contributed by atoms with Gasteiger partial charge in [0.1, 0.15) is 5.75 Å². The Hall–Kier alpha value is -0.760. The Labute approximate surface area is 58.1 Å². The minimum absolute atomic E-state index is 0.102. The molecule has 2 nitrogen and oxygen atoms in total. The van der Waals surface area contributed by atoms with Crippen molar-refractivity contribution in [2.75, 3.05) is 0 Å². The Morgan fingerprint density at radius 2 is 2.33 bits per heavy atom. The first-order valence-electron chi connectivity index (χ1n) is 2.51. The van der Waals surface area contributed by atoms with Crippen molar-refractivity contribution in [1.29, 1.82) is 0 Å². The molecule has 3 heteroatoms. The number of nitrogens with zero attached hydrogens (tertiary/aromatic N) is 1. The highest BCUT2D eigenvalue weighted by atomic mass is 35.5. The van der Waals surface area contributed by atoms with Gasteiger partial charge in [-0.05, 0) is 6.92 Å². The van der Waals surface area contributed by atoms with Crippen molar-refractivity contribution in [3.05, 3.63) is 23.0 Å². The summed E-state index contributed by atoms with van der Waals surface area (Å²) < 4.78 is 0.